The van der Waals surface area contributed by atoms with Crippen LogP contribution in [0.5, 0.6) is 11.5 Å². The minimum Gasteiger partial charge on any atom is -0.483 e. The molecule has 4 nitrogen and oxygen atoms in total. The molecule has 4 heteroatoms. The normalized spacial score (nSPS) is 15.5. The van der Waals surface area contributed by atoms with Gasteiger partial charge in [-0.1, -0.05) is 12.1 Å². The van der Waals surface area contributed by atoms with Crippen LogP contribution in [0, 0.1) is 0 Å². The second-order valence-corrected chi connectivity index (χ2v) is 5.49. The molecular formula is C16H16O4. The Labute approximate surface area is 117 Å². The van der Waals surface area contributed by atoms with Crippen LogP contribution in [0.3, 0.4) is 0 Å². The molecule has 104 valence electrons. The van der Waals surface area contributed by atoms with Gasteiger partial charge in [0.25, 0.3) is 0 Å². The average molecular weight is 272 g/mol. The van der Waals surface area contributed by atoms with E-state index >= 15 is 0 Å². The van der Waals surface area contributed by atoms with Gasteiger partial charge in [-0.05, 0) is 32.0 Å². The van der Waals surface area contributed by atoms with Gasteiger partial charge in [-0.3, -0.25) is 4.79 Å². The highest BCUT2D eigenvalue weighted by atomic mass is 16.5. The van der Waals surface area contributed by atoms with E-state index < -0.39 is 0 Å². The van der Waals surface area contributed by atoms with Crippen molar-refractivity contribution in [2.24, 2.45) is 0 Å². The lowest BCUT2D eigenvalue weighted by atomic mass is 10.0. The molecule has 0 fully saturated rings. The summed E-state index contributed by atoms with van der Waals surface area (Å²) in [6.45, 7) is 4.38. The number of ether oxygens (including phenoxy) is 2. The molecule has 1 aliphatic heterocycles. The van der Waals surface area contributed by atoms with E-state index in [0.717, 1.165) is 17.7 Å². The van der Waals surface area contributed by atoms with E-state index in [2.05, 4.69) is 13.8 Å². The quantitative estimate of drug-likeness (QED) is 0.800. The number of benzene rings is 1. The van der Waals surface area contributed by atoms with E-state index in [4.69, 9.17) is 13.9 Å². The third-order valence-corrected chi connectivity index (χ3v) is 3.22. The molecule has 1 aromatic heterocycles. The van der Waals surface area contributed by atoms with Crippen molar-refractivity contribution in [3.05, 3.63) is 47.4 Å². The summed E-state index contributed by atoms with van der Waals surface area (Å²) >= 11 is 0. The van der Waals surface area contributed by atoms with E-state index in [0.29, 0.717) is 23.6 Å². The summed E-state index contributed by atoms with van der Waals surface area (Å²) in [5.74, 6) is 2.43. The highest BCUT2D eigenvalue weighted by Crippen LogP contribution is 2.41. The van der Waals surface area contributed by atoms with Crippen LogP contribution in [0.15, 0.2) is 34.7 Å². The lowest BCUT2D eigenvalue weighted by Crippen LogP contribution is -2.24. The maximum atomic E-state index is 10.6. The molecular weight excluding hydrogens is 256 g/mol. The van der Waals surface area contributed by atoms with Crippen LogP contribution in [0.2, 0.25) is 0 Å². The molecule has 1 aromatic carbocycles. The Balaban J connectivity index is 1.76. The van der Waals surface area contributed by atoms with E-state index in [1.165, 1.54) is 0 Å². The lowest BCUT2D eigenvalue weighted by molar-refractivity contribution is 0.109. The van der Waals surface area contributed by atoms with Crippen molar-refractivity contribution in [1.29, 1.82) is 0 Å². The topological polar surface area (TPSA) is 48.7 Å². The van der Waals surface area contributed by atoms with Crippen molar-refractivity contribution in [3.8, 4) is 11.5 Å². The summed E-state index contributed by atoms with van der Waals surface area (Å²) in [5.41, 5.74) is 0.956. The van der Waals surface area contributed by atoms with Crippen LogP contribution in [-0.2, 0) is 13.0 Å². The van der Waals surface area contributed by atoms with Crippen molar-refractivity contribution in [2.45, 2.75) is 32.5 Å². The predicted octanol–water partition coefficient (Wildman–Crippen LogP) is 3.38. The second-order valence-electron chi connectivity index (χ2n) is 5.49. The van der Waals surface area contributed by atoms with Gasteiger partial charge >= 0.3 is 0 Å². The van der Waals surface area contributed by atoms with E-state index in [1.54, 1.807) is 12.1 Å². The zero-order chi connectivity index (χ0) is 14.2. The van der Waals surface area contributed by atoms with E-state index in [-0.39, 0.29) is 12.2 Å². The van der Waals surface area contributed by atoms with Gasteiger partial charge in [0.2, 0.25) is 0 Å². The lowest BCUT2D eigenvalue weighted by Gasteiger charge is -2.18. The molecule has 3 rings (SSSR count). The fourth-order valence-electron chi connectivity index (χ4n) is 2.39. The van der Waals surface area contributed by atoms with Gasteiger partial charge in [-0.2, -0.15) is 0 Å². The number of hydrogen-bond acceptors (Lipinski definition) is 4. The van der Waals surface area contributed by atoms with E-state index in [9.17, 15) is 4.79 Å². The van der Waals surface area contributed by atoms with E-state index in [1.807, 2.05) is 18.2 Å². The molecule has 0 saturated heterocycles. The Bertz CT molecular complexity index is 640. The van der Waals surface area contributed by atoms with Crippen molar-refractivity contribution in [3.63, 3.8) is 0 Å². The van der Waals surface area contributed by atoms with Crippen LogP contribution in [0.25, 0.3) is 0 Å². The molecule has 0 saturated carbocycles. The molecule has 0 radical (unpaired) electrons. The zero-order valence-electron chi connectivity index (χ0n) is 11.5. The highest BCUT2D eigenvalue weighted by Gasteiger charge is 2.32. The van der Waals surface area contributed by atoms with Crippen LogP contribution < -0.4 is 9.47 Å². The Kier molecular flexibility index (Phi) is 3.01. The minimum absolute atomic E-state index is 0.197. The Morgan fingerprint density at radius 1 is 1.30 bits per heavy atom. The number of furan rings is 1. The first kappa shape index (κ1) is 12.8. The Hall–Kier alpha value is -2.23. The largest absolute Gasteiger partial charge is 0.483 e. The van der Waals surface area contributed by atoms with Crippen molar-refractivity contribution in [1.82, 2.24) is 0 Å². The molecule has 2 aromatic rings. The molecule has 1 aliphatic rings. The average Bonchev–Trinajstić information content (AvgIpc) is 2.98. The van der Waals surface area contributed by atoms with Gasteiger partial charge in [0.1, 0.15) is 18.0 Å². The van der Waals surface area contributed by atoms with Crippen molar-refractivity contribution in [2.75, 3.05) is 0 Å². The van der Waals surface area contributed by atoms with Gasteiger partial charge in [-0.25, -0.2) is 0 Å². The molecule has 0 aliphatic carbocycles. The molecule has 0 unspecified atom stereocenters. The maximum absolute atomic E-state index is 10.6. The number of carbonyl (C=O) groups is 1. The summed E-state index contributed by atoms with van der Waals surface area (Å²) in [5, 5.41) is 0. The van der Waals surface area contributed by atoms with Crippen LogP contribution in [0.4, 0.5) is 0 Å². The molecule has 0 bridgehead atoms. The predicted molar refractivity (Wildman–Crippen MR) is 73.3 cm³/mol. The Morgan fingerprint density at radius 2 is 2.15 bits per heavy atom. The molecule has 0 spiro atoms. The third kappa shape index (κ3) is 2.41. The minimum atomic E-state index is -0.197. The number of hydrogen-bond donors (Lipinski definition) is 0. The summed E-state index contributed by atoms with van der Waals surface area (Å²) in [6.07, 6.45) is 1.55. The van der Waals surface area contributed by atoms with Crippen LogP contribution in [-0.4, -0.2) is 11.9 Å². The number of para-hydroxylation sites is 1. The molecule has 20 heavy (non-hydrogen) atoms. The number of fused-ring (bicyclic) bond motifs is 1. The Morgan fingerprint density at radius 3 is 2.90 bits per heavy atom. The van der Waals surface area contributed by atoms with Crippen LogP contribution >= 0.6 is 0 Å². The molecule has 2 heterocycles. The third-order valence-electron chi connectivity index (χ3n) is 3.22. The van der Waals surface area contributed by atoms with Gasteiger partial charge in [0.05, 0.1) is 0 Å². The van der Waals surface area contributed by atoms with Crippen LogP contribution in [0.1, 0.15) is 35.7 Å². The number of carbonyl (C=O) groups excluding carboxylic acids is 1. The maximum Gasteiger partial charge on any atom is 0.185 e. The number of rotatable bonds is 4. The monoisotopic (exact) mass is 272 g/mol. The van der Waals surface area contributed by atoms with Gasteiger partial charge < -0.3 is 13.9 Å². The summed E-state index contributed by atoms with van der Waals surface area (Å²) in [6, 6.07) is 9.24. The first-order chi connectivity index (χ1) is 9.57. The second kappa shape index (κ2) is 4.71. The standard InChI is InChI=1S/C16H16O4/c1-16(2)8-11-4-3-5-14(15(11)20-16)18-10-13-7-6-12(9-17)19-13/h3-7,9H,8,10H2,1-2H3. The number of aldehydes is 1. The van der Waals surface area contributed by atoms with Gasteiger partial charge in [0.15, 0.2) is 23.5 Å². The summed E-state index contributed by atoms with van der Waals surface area (Å²) in [4.78, 5) is 10.6. The summed E-state index contributed by atoms with van der Waals surface area (Å²) < 4.78 is 17.0. The first-order valence-electron chi connectivity index (χ1n) is 6.55. The smallest absolute Gasteiger partial charge is 0.185 e. The zero-order valence-corrected chi connectivity index (χ0v) is 11.5. The van der Waals surface area contributed by atoms with Crippen molar-refractivity contribution >= 4 is 6.29 Å². The first-order valence-corrected chi connectivity index (χ1v) is 6.55. The summed E-state index contributed by atoms with van der Waals surface area (Å²) in [7, 11) is 0. The highest BCUT2D eigenvalue weighted by molar-refractivity contribution is 5.70. The molecule has 0 amide bonds. The van der Waals surface area contributed by atoms with Gasteiger partial charge in [0, 0.05) is 12.0 Å². The van der Waals surface area contributed by atoms with Crippen molar-refractivity contribution < 1.29 is 18.7 Å². The molecule has 0 N–H and O–H groups in total. The molecule has 0 atom stereocenters. The fraction of sp³-hybridized carbons (Fsp3) is 0.312. The SMILES string of the molecule is CC1(C)Cc2cccc(OCc3ccc(C=O)o3)c2O1. The fourth-order valence-corrected chi connectivity index (χ4v) is 2.39. The van der Waals surface area contributed by atoms with Gasteiger partial charge in [-0.15, -0.1) is 0 Å².